The Hall–Kier alpha value is -0.120. The van der Waals surface area contributed by atoms with E-state index in [-0.39, 0.29) is 0 Å². The van der Waals surface area contributed by atoms with Crippen molar-refractivity contribution in [2.75, 3.05) is 46.3 Å². The van der Waals surface area contributed by atoms with Crippen LogP contribution in [0.5, 0.6) is 0 Å². The van der Waals surface area contributed by atoms with Crippen LogP contribution in [0.15, 0.2) is 0 Å². The lowest BCUT2D eigenvalue weighted by molar-refractivity contribution is 0.0874. The third-order valence-electron chi connectivity index (χ3n) is 3.62. The Labute approximate surface area is 87.4 Å². The van der Waals surface area contributed by atoms with Gasteiger partial charge in [-0.25, -0.2) is 0 Å². The molecule has 14 heavy (non-hydrogen) atoms. The van der Waals surface area contributed by atoms with Crippen LogP contribution in [0, 0.1) is 5.92 Å². The van der Waals surface area contributed by atoms with E-state index in [0.29, 0.717) is 0 Å². The number of hydrogen-bond donors (Lipinski definition) is 1. The van der Waals surface area contributed by atoms with Gasteiger partial charge in [-0.2, -0.15) is 0 Å². The van der Waals surface area contributed by atoms with Gasteiger partial charge < -0.3 is 10.2 Å². The Bertz CT molecular complexity index is 177. The van der Waals surface area contributed by atoms with Crippen LogP contribution in [0.2, 0.25) is 0 Å². The van der Waals surface area contributed by atoms with Gasteiger partial charge >= 0.3 is 0 Å². The summed E-state index contributed by atoms with van der Waals surface area (Å²) in [5.41, 5.74) is 0. The SMILES string of the molecule is CC1CN(C)CCN1C[C@H]1CCNC1. The Morgan fingerprint density at radius 2 is 2.21 bits per heavy atom. The van der Waals surface area contributed by atoms with Crippen LogP contribution in [-0.4, -0.2) is 62.2 Å². The van der Waals surface area contributed by atoms with E-state index in [4.69, 9.17) is 0 Å². The lowest BCUT2D eigenvalue weighted by Crippen LogP contribution is -2.51. The molecule has 1 N–H and O–H groups in total. The zero-order valence-corrected chi connectivity index (χ0v) is 9.50. The Balaban J connectivity index is 1.79. The molecule has 0 spiro atoms. The van der Waals surface area contributed by atoms with E-state index >= 15 is 0 Å². The number of nitrogens with zero attached hydrogens (tertiary/aromatic N) is 2. The first-order valence-electron chi connectivity index (χ1n) is 5.89. The van der Waals surface area contributed by atoms with Crippen molar-refractivity contribution in [3.8, 4) is 0 Å². The Morgan fingerprint density at radius 1 is 1.36 bits per heavy atom. The highest BCUT2D eigenvalue weighted by atomic mass is 15.3. The molecule has 0 saturated carbocycles. The number of piperazine rings is 1. The highest BCUT2D eigenvalue weighted by Gasteiger charge is 2.25. The van der Waals surface area contributed by atoms with Crippen molar-refractivity contribution in [2.24, 2.45) is 5.92 Å². The monoisotopic (exact) mass is 197 g/mol. The molecule has 2 heterocycles. The van der Waals surface area contributed by atoms with Gasteiger partial charge in [0.05, 0.1) is 0 Å². The smallest absolute Gasteiger partial charge is 0.0195 e. The van der Waals surface area contributed by atoms with Crippen LogP contribution in [0.25, 0.3) is 0 Å². The molecule has 0 aromatic heterocycles. The lowest BCUT2D eigenvalue weighted by Gasteiger charge is -2.39. The van der Waals surface area contributed by atoms with E-state index in [9.17, 15) is 0 Å². The maximum atomic E-state index is 3.45. The first kappa shape index (κ1) is 10.4. The van der Waals surface area contributed by atoms with Gasteiger partial charge in [0.25, 0.3) is 0 Å². The summed E-state index contributed by atoms with van der Waals surface area (Å²) in [5.74, 6) is 0.904. The molecule has 2 rings (SSSR count). The zero-order valence-electron chi connectivity index (χ0n) is 9.50. The molecule has 0 aromatic carbocycles. The molecule has 0 aliphatic carbocycles. The number of likely N-dealkylation sites (N-methyl/N-ethyl adjacent to an activating group) is 1. The summed E-state index contributed by atoms with van der Waals surface area (Å²) < 4.78 is 0. The second-order valence-electron chi connectivity index (χ2n) is 4.97. The largest absolute Gasteiger partial charge is 0.316 e. The van der Waals surface area contributed by atoms with Crippen LogP contribution in [-0.2, 0) is 0 Å². The molecule has 2 aliphatic heterocycles. The molecule has 0 radical (unpaired) electrons. The minimum atomic E-state index is 0.745. The van der Waals surface area contributed by atoms with Crippen molar-refractivity contribution in [3.05, 3.63) is 0 Å². The van der Waals surface area contributed by atoms with Gasteiger partial charge in [-0.05, 0) is 39.4 Å². The minimum Gasteiger partial charge on any atom is -0.316 e. The number of hydrogen-bond acceptors (Lipinski definition) is 3. The molecule has 0 bridgehead atoms. The Kier molecular flexibility index (Phi) is 3.42. The summed E-state index contributed by atoms with van der Waals surface area (Å²) in [6.07, 6.45) is 1.37. The van der Waals surface area contributed by atoms with Gasteiger partial charge in [-0.15, -0.1) is 0 Å². The summed E-state index contributed by atoms with van der Waals surface area (Å²) >= 11 is 0. The molecule has 3 nitrogen and oxygen atoms in total. The Morgan fingerprint density at radius 3 is 2.86 bits per heavy atom. The van der Waals surface area contributed by atoms with Crippen molar-refractivity contribution in [3.63, 3.8) is 0 Å². The van der Waals surface area contributed by atoms with Crippen LogP contribution in [0.4, 0.5) is 0 Å². The molecular formula is C11H23N3. The van der Waals surface area contributed by atoms with E-state index < -0.39 is 0 Å². The molecule has 2 atom stereocenters. The second kappa shape index (κ2) is 4.60. The summed E-state index contributed by atoms with van der Waals surface area (Å²) in [4.78, 5) is 5.10. The van der Waals surface area contributed by atoms with Crippen molar-refractivity contribution in [1.82, 2.24) is 15.1 Å². The average molecular weight is 197 g/mol. The van der Waals surface area contributed by atoms with E-state index in [2.05, 4.69) is 29.1 Å². The quantitative estimate of drug-likeness (QED) is 0.684. The van der Waals surface area contributed by atoms with E-state index in [1.54, 1.807) is 0 Å². The average Bonchev–Trinajstić information content (AvgIpc) is 2.62. The molecule has 2 saturated heterocycles. The summed E-state index contributed by atoms with van der Waals surface area (Å²) in [5, 5.41) is 3.45. The molecule has 0 aromatic rings. The maximum absolute atomic E-state index is 3.45. The predicted octanol–water partition coefficient (Wildman–Crippen LogP) is 0.232. The van der Waals surface area contributed by atoms with Gasteiger partial charge in [0.2, 0.25) is 0 Å². The minimum absolute atomic E-state index is 0.745. The van der Waals surface area contributed by atoms with Crippen LogP contribution < -0.4 is 5.32 Å². The van der Waals surface area contributed by atoms with Crippen molar-refractivity contribution in [1.29, 1.82) is 0 Å². The normalized spacial score (nSPS) is 36.4. The maximum Gasteiger partial charge on any atom is 0.0195 e. The third kappa shape index (κ3) is 2.47. The fourth-order valence-corrected chi connectivity index (χ4v) is 2.65. The summed E-state index contributed by atoms with van der Waals surface area (Å²) in [6.45, 7) is 9.87. The van der Waals surface area contributed by atoms with E-state index in [1.165, 1.54) is 45.7 Å². The topological polar surface area (TPSA) is 18.5 Å². The molecule has 3 heteroatoms. The fraction of sp³-hybridized carbons (Fsp3) is 1.00. The van der Waals surface area contributed by atoms with Crippen LogP contribution >= 0.6 is 0 Å². The highest BCUT2D eigenvalue weighted by Crippen LogP contribution is 2.14. The summed E-state index contributed by atoms with van der Waals surface area (Å²) in [7, 11) is 2.23. The van der Waals surface area contributed by atoms with Crippen molar-refractivity contribution in [2.45, 2.75) is 19.4 Å². The lowest BCUT2D eigenvalue weighted by atomic mass is 10.1. The van der Waals surface area contributed by atoms with E-state index in [1.807, 2.05) is 0 Å². The standard InChI is InChI=1S/C11H23N3/c1-10-8-13(2)5-6-14(10)9-11-3-4-12-7-11/h10-12H,3-9H2,1-2H3/t10?,11-/m0/s1. The second-order valence-corrected chi connectivity index (χ2v) is 4.97. The fourth-order valence-electron chi connectivity index (χ4n) is 2.65. The first-order chi connectivity index (χ1) is 6.75. The van der Waals surface area contributed by atoms with Gasteiger partial charge in [-0.1, -0.05) is 0 Å². The van der Waals surface area contributed by atoms with Gasteiger partial charge in [0, 0.05) is 32.2 Å². The van der Waals surface area contributed by atoms with Gasteiger partial charge in [-0.3, -0.25) is 4.90 Å². The highest BCUT2D eigenvalue weighted by molar-refractivity contribution is 4.81. The molecular weight excluding hydrogens is 174 g/mol. The van der Waals surface area contributed by atoms with Crippen LogP contribution in [0.1, 0.15) is 13.3 Å². The molecule has 2 aliphatic rings. The van der Waals surface area contributed by atoms with Gasteiger partial charge in [0.1, 0.15) is 0 Å². The van der Waals surface area contributed by atoms with Gasteiger partial charge in [0.15, 0.2) is 0 Å². The molecule has 2 fully saturated rings. The van der Waals surface area contributed by atoms with Crippen LogP contribution in [0.3, 0.4) is 0 Å². The van der Waals surface area contributed by atoms with Crippen molar-refractivity contribution >= 4 is 0 Å². The van der Waals surface area contributed by atoms with Crippen molar-refractivity contribution < 1.29 is 0 Å². The predicted molar refractivity (Wildman–Crippen MR) is 59.5 cm³/mol. The third-order valence-corrected chi connectivity index (χ3v) is 3.62. The molecule has 82 valence electrons. The number of rotatable bonds is 2. The number of nitrogens with one attached hydrogen (secondary N) is 1. The zero-order chi connectivity index (χ0) is 9.97. The molecule has 0 amide bonds. The molecule has 1 unspecified atom stereocenters. The van der Waals surface area contributed by atoms with E-state index in [0.717, 1.165) is 12.0 Å². The first-order valence-corrected chi connectivity index (χ1v) is 5.89. The summed E-state index contributed by atoms with van der Waals surface area (Å²) in [6, 6.07) is 0.745.